The summed E-state index contributed by atoms with van der Waals surface area (Å²) in [7, 11) is 3.55. The summed E-state index contributed by atoms with van der Waals surface area (Å²) in [5, 5.41) is 6.96. The maximum atomic E-state index is 13.6. The molecule has 4 aromatic carbocycles. The topological polar surface area (TPSA) is 104 Å². The number of unbranched alkanes of at least 4 members (excludes halogenated alkanes) is 4. The maximum absolute atomic E-state index is 13.6. The second kappa shape index (κ2) is 18.0. The molecule has 8 rings (SSSR count). The summed E-state index contributed by atoms with van der Waals surface area (Å²) >= 11 is 0. The molecule has 11 heteroatoms. The number of imidazole rings is 2. The van der Waals surface area contributed by atoms with E-state index < -0.39 is 0 Å². The van der Waals surface area contributed by atoms with E-state index in [2.05, 4.69) is 62.4 Å². The molecule has 11 nitrogen and oxygen atoms in total. The van der Waals surface area contributed by atoms with Crippen LogP contribution < -0.4 is 14.5 Å². The molecule has 2 aliphatic rings. The minimum absolute atomic E-state index is 0. The fraction of sp³-hybridized carbons (Fsp3) is 0.340. The van der Waals surface area contributed by atoms with E-state index in [9.17, 15) is 19.2 Å². The maximum Gasteiger partial charge on any atom is 0.261 e. The van der Waals surface area contributed by atoms with Crippen LogP contribution in [0.15, 0.2) is 98.1 Å². The standard InChI is InChI=1S/C45H48N7O4.CH4.CH3/c1-47-26-27-49(30-47)23-8-5-12-32-17-18-38-40-33(32)13-9-16-36(40)44(55)52(45(38)56)25-7-4-3-6-22-50-28-29-51(31-50)24-11-21-46-39-20-19-37-41-34(39)14-10-15-35(41)42(53)48(2)43(37)54;;/h9-10,13-20,26-31H,3-8,11-12,21-25H2,1-2H3;1H4;1H3/q+1;;-1/p+1. The van der Waals surface area contributed by atoms with Crippen molar-refractivity contribution in [3.63, 3.8) is 0 Å². The van der Waals surface area contributed by atoms with Crippen molar-refractivity contribution in [1.82, 2.24) is 18.9 Å². The van der Waals surface area contributed by atoms with E-state index in [-0.39, 0.29) is 38.5 Å². The van der Waals surface area contributed by atoms with Gasteiger partial charge in [0.2, 0.25) is 12.7 Å². The lowest BCUT2D eigenvalue weighted by Gasteiger charge is -2.28. The highest BCUT2D eigenvalue weighted by Gasteiger charge is 2.33. The van der Waals surface area contributed by atoms with Crippen LogP contribution in [0.25, 0.3) is 21.5 Å². The summed E-state index contributed by atoms with van der Waals surface area (Å²) in [5.74, 6) is -0.898. The van der Waals surface area contributed by atoms with Crippen LogP contribution in [0.4, 0.5) is 5.69 Å². The van der Waals surface area contributed by atoms with Crippen LogP contribution in [0, 0.1) is 7.43 Å². The van der Waals surface area contributed by atoms with Gasteiger partial charge < -0.3 is 12.7 Å². The smallest absolute Gasteiger partial charge is 0.261 e. The number of carbonyl (C=O) groups excluding carboxylic acids is 4. The molecule has 0 saturated carbocycles. The molecule has 2 aromatic heterocycles. The Bertz CT molecular complexity index is 2440. The number of carbonyl (C=O) groups is 4. The molecule has 0 atom stereocenters. The Kier molecular flexibility index (Phi) is 12.9. The van der Waals surface area contributed by atoms with Crippen molar-refractivity contribution >= 4 is 50.9 Å². The van der Waals surface area contributed by atoms with Gasteiger partial charge >= 0.3 is 0 Å². The predicted octanol–water partition coefficient (Wildman–Crippen LogP) is 7.40. The highest BCUT2D eigenvalue weighted by Crippen LogP contribution is 2.35. The lowest BCUT2D eigenvalue weighted by atomic mass is 9.89. The van der Waals surface area contributed by atoms with Crippen molar-refractivity contribution in [3.8, 4) is 0 Å². The minimum Gasteiger partial charge on any atom is -0.384 e. The van der Waals surface area contributed by atoms with E-state index in [1.54, 1.807) is 6.07 Å². The highest BCUT2D eigenvalue weighted by atomic mass is 16.2. The molecule has 0 saturated heterocycles. The Morgan fingerprint density at radius 3 is 1.91 bits per heavy atom. The van der Waals surface area contributed by atoms with Gasteiger partial charge in [-0.25, -0.2) is 18.3 Å². The quantitative estimate of drug-likeness (QED) is 0.0450. The monoisotopic (exact) mass is 782 g/mol. The zero-order chi connectivity index (χ0) is 38.8. The minimum atomic E-state index is -0.268. The molecule has 0 radical (unpaired) electrons. The van der Waals surface area contributed by atoms with Gasteiger partial charge in [0, 0.05) is 70.7 Å². The lowest BCUT2D eigenvalue weighted by Crippen LogP contribution is -2.40. The van der Waals surface area contributed by atoms with Crippen LogP contribution >= 0.6 is 0 Å². The number of aryl methyl sites for hydroxylation is 5. The average molecular weight is 783 g/mol. The van der Waals surface area contributed by atoms with Crippen molar-refractivity contribution in [3.05, 3.63) is 133 Å². The van der Waals surface area contributed by atoms with E-state index in [0.717, 1.165) is 105 Å². The number of rotatable bonds is 17. The van der Waals surface area contributed by atoms with Gasteiger partial charge in [-0.1, -0.05) is 44.2 Å². The lowest BCUT2D eigenvalue weighted by molar-refractivity contribution is -0.696. The average Bonchev–Trinajstić information content (AvgIpc) is 3.86. The fourth-order valence-corrected chi connectivity index (χ4v) is 8.35. The molecule has 4 heterocycles. The molecule has 2 aliphatic heterocycles. The molecule has 6 aromatic rings. The predicted molar refractivity (Wildman–Crippen MR) is 228 cm³/mol. The highest BCUT2D eigenvalue weighted by molar-refractivity contribution is 6.27. The van der Waals surface area contributed by atoms with Crippen molar-refractivity contribution in [2.75, 3.05) is 25.5 Å². The second-order valence-corrected chi connectivity index (χ2v) is 15.2. The van der Waals surface area contributed by atoms with Gasteiger partial charge in [-0.15, -0.1) is 0 Å². The zero-order valence-electron chi connectivity index (χ0n) is 33.2. The summed E-state index contributed by atoms with van der Waals surface area (Å²) in [6, 6.07) is 19.2. The third-order valence-corrected chi connectivity index (χ3v) is 11.3. The largest absolute Gasteiger partial charge is 0.384 e. The first kappa shape index (κ1) is 41.5. The van der Waals surface area contributed by atoms with E-state index in [0.29, 0.717) is 28.8 Å². The Labute approximate surface area is 341 Å². The summed E-state index contributed by atoms with van der Waals surface area (Å²) in [6.07, 6.45) is 20.2. The second-order valence-electron chi connectivity index (χ2n) is 15.2. The van der Waals surface area contributed by atoms with E-state index >= 15 is 0 Å². The van der Waals surface area contributed by atoms with Crippen LogP contribution in [0.1, 0.15) is 99.4 Å². The molecule has 1 N–H and O–H groups in total. The van der Waals surface area contributed by atoms with Crippen molar-refractivity contribution in [2.24, 2.45) is 7.05 Å². The number of hydrogen-bond donors (Lipinski definition) is 1. The van der Waals surface area contributed by atoms with Gasteiger partial charge in [0.25, 0.3) is 23.6 Å². The number of benzene rings is 4. The fourth-order valence-electron chi connectivity index (χ4n) is 8.35. The molecular weight excluding hydrogens is 727 g/mol. The molecule has 0 fully saturated rings. The van der Waals surface area contributed by atoms with E-state index in [1.807, 2.05) is 60.3 Å². The normalized spacial score (nSPS) is 13.3. The van der Waals surface area contributed by atoms with Gasteiger partial charge in [-0.3, -0.25) is 29.0 Å². The van der Waals surface area contributed by atoms with Gasteiger partial charge in [0.05, 0.1) is 26.7 Å². The van der Waals surface area contributed by atoms with Crippen LogP contribution in [0.5, 0.6) is 0 Å². The van der Waals surface area contributed by atoms with E-state index in [4.69, 9.17) is 0 Å². The number of anilines is 1. The molecule has 4 amide bonds. The van der Waals surface area contributed by atoms with Gasteiger partial charge in [0.15, 0.2) is 0 Å². The number of nitrogens with zero attached hydrogens (tertiary/aromatic N) is 6. The summed E-state index contributed by atoms with van der Waals surface area (Å²) in [6.45, 7) is 3.90. The third-order valence-electron chi connectivity index (χ3n) is 11.3. The van der Waals surface area contributed by atoms with Crippen LogP contribution in [0.2, 0.25) is 0 Å². The first-order chi connectivity index (χ1) is 27.3. The van der Waals surface area contributed by atoms with Crippen molar-refractivity contribution in [1.29, 1.82) is 0 Å². The molecule has 0 aliphatic carbocycles. The molecule has 0 spiro atoms. The van der Waals surface area contributed by atoms with Crippen LogP contribution in [-0.4, -0.2) is 62.7 Å². The number of aromatic nitrogens is 4. The van der Waals surface area contributed by atoms with Gasteiger partial charge in [-0.2, -0.15) is 0 Å². The third kappa shape index (κ3) is 8.16. The molecule has 58 heavy (non-hydrogen) atoms. The van der Waals surface area contributed by atoms with Crippen LogP contribution in [0.3, 0.4) is 0 Å². The molecule has 0 unspecified atom stereocenters. The Morgan fingerprint density at radius 1 is 0.603 bits per heavy atom. The summed E-state index contributed by atoms with van der Waals surface area (Å²) < 4.78 is 8.63. The molecular formula is C47H56N7O4+. The summed E-state index contributed by atoms with van der Waals surface area (Å²) in [4.78, 5) is 55.3. The first-order valence-electron chi connectivity index (χ1n) is 19.9. The van der Waals surface area contributed by atoms with Crippen molar-refractivity contribution in [2.45, 2.75) is 78.4 Å². The van der Waals surface area contributed by atoms with Gasteiger partial charge in [0.1, 0.15) is 24.8 Å². The SMILES string of the molecule is C.CN1C(=O)c2cccc3c(NCCC[n+]4ccn(CCCCCCN5C(=O)c6cccc7c(CCCCn8cc[n+](C)c8)ccc(c67)C5=O)c4)ccc(c23)C1=O.[CH3-]. The molecule has 0 bridgehead atoms. The number of amides is 4. The summed E-state index contributed by atoms with van der Waals surface area (Å²) in [5.41, 5.74) is 4.50. The van der Waals surface area contributed by atoms with Crippen LogP contribution in [-0.2, 0) is 33.1 Å². The van der Waals surface area contributed by atoms with Gasteiger partial charge in [-0.05, 0) is 79.8 Å². The zero-order valence-corrected chi connectivity index (χ0v) is 33.2. The Morgan fingerprint density at radius 2 is 1.19 bits per heavy atom. The number of nitrogens with one attached hydrogen (secondary N) is 1. The van der Waals surface area contributed by atoms with Crippen molar-refractivity contribution < 1.29 is 28.3 Å². The molecule has 302 valence electrons. The number of imide groups is 2. The number of hydrogen-bond acceptors (Lipinski definition) is 5. The van der Waals surface area contributed by atoms with E-state index in [1.165, 1.54) is 22.4 Å². The Hall–Kier alpha value is -6.10. The first-order valence-corrected chi connectivity index (χ1v) is 19.9. The Balaban J connectivity index is 0.00000283.